The van der Waals surface area contributed by atoms with Crippen LogP contribution in [0.1, 0.15) is 65.2 Å². The first-order valence-corrected chi connectivity index (χ1v) is 11.4. The number of ether oxygens (including phenoxy) is 4. The zero-order valence-electron chi connectivity index (χ0n) is 19.7. The molecule has 2 aromatic carbocycles. The number of hydrogen-bond acceptors (Lipinski definition) is 5. The zero-order valence-corrected chi connectivity index (χ0v) is 19.7. The van der Waals surface area contributed by atoms with E-state index in [4.69, 9.17) is 18.9 Å². The average molecular weight is 431 g/mol. The molecule has 31 heavy (non-hydrogen) atoms. The van der Waals surface area contributed by atoms with Gasteiger partial charge < -0.3 is 24.1 Å². The zero-order chi connectivity index (χ0) is 22.9. The van der Waals surface area contributed by atoms with Crippen LogP contribution in [-0.2, 0) is 18.9 Å². The Hall–Kier alpha value is -1.76. The first-order valence-electron chi connectivity index (χ1n) is 11.4. The van der Waals surface area contributed by atoms with Gasteiger partial charge in [0.25, 0.3) is 0 Å². The van der Waals surface area contributed by atoms with E-state index in [1.54, 1.807) is 0 Å². The van der Waals surface area contributed by atoms with Gasteiger partial charge in [0.15, 0.2) is 12.6 Å². The third-order valence-corrected chi connectivity index (χ3v) is 5.25. The third kappa shape index (κ3) is 6.15. The predicted molar refractivity (Wildman–Crippen MR) is 122 cm³/mol. The summed E-state index contributed by atoms with van der Waals surface area (Å²) in [6.07, 6.45) is -1.90. The van der Waals surface area contributed by atoms with E-state index in [1.165, 1.54) is 0 Å². The molecule has 4 rings (SSSR count). The van der Waals surface area contributed by atoms with Crippen LogP contribution in [0.3, 0.4) is 0 Å². The normalized spacial score (nSPS) is 27.6. The largest absolute Gasteiger partial charge is 0.396 e. The number of aliphatic hydroxyl groups excluding tert-OH is 1. The summed E-state index contributed by atoms with van der Waals surface area (Å²) in [6.45, 7) is 12.4. The summed E-state index contributed by atoms with van der Waals surface area (Å²) >= 11 is 0. The molecule has 0 bridgehead atoms. The summed E-state index contributed by atoms with van der Waals surface area (Å²) in [7, 11) is 0. The van der Waals surface area contributed by atoms with Gasteiger partial charge in [0.1, 0.15) is 12.2 Å². The molecule has 2 aliphatic heterocycles. The van der Waals surface area contributed by atoms with E-state index in [9.17, 15) is 5.11 Å². The summed E-state index contributed by atoms with van der Waals surface area (Å²) < 4.78 is 24.7. The molecule has 0 amide bonds. The van der Waals surface area contributed by atoms with Crippen LogP contribution in [0.5, 0.6) is 0 Å². The van der Waals surface area contributed by atoms with Crippen LogP contribution in [0.25, 0.3) is 0 Å². The minimum atomic E-state index is -0.510. The van der Waals surface area contributed by atoms with E-state index in [0.717, 1.165) is 11.1 Å². The molecule has 2 heterocycles. The van der Waals surface area contributed by atoms with Crippen LogP contribution in [0.15, 0.2) is 60.7 Å². The van der Waals surface area contributed by atoms with Gasteiger partial charge >= 0.3 is 0 Å². The minimum absolute atomic E-state index is 0.0113. The lowest BCUT2D eigenvalue weighted by molar-refractivity contribution is -0.377. The Labute approximate surface area is 187 Å². The van der Waals surface area contributed by atoms with Gasteiger partial charge in [-0.15, -0.1) is 0 Å². The second-order valence-corrected chi connectivity index (χ2v) is 7.80. The standard InChI is InChI=1S/C22H26O5.2C2H6/c1-22(2,14-23)19-18-17(25-21(27-19)16-11-7-4-8-12-16)13-24-20(26-18)15-9-5-3-6-10-15;2*1-2/h3-12,17-21,23H,13-14H2,1-2H3;2*1-2H3/t17-,18+,19-,20?,21?;;/m0../s1. The highest BCUT2D eigenvalue weighted by Gasteiger charge is 2.50. The molecule has 0 radical (unpaired) electrons. The Morgan fingerprint density at radius 1 is 0.774 bits per heavy atom. The highest BCUT2D eigenvalue weighted by atomic mass is 16.8. The smallest absolute Gasteiger partial charge is 0.184 e. The van der Waals surface area contributed by atoms with Crippen molar-refractivity contribution in [2.45, 2.75) is 72.4 Å². The number of rotatable bonds is 4. The quantitative estimate of drug-likeness (QED) is 0.679. The molecule has 2 aromatic rings. The van der Waals surface area contributed by atoms with Crippen molar-refractivity contribution in [2.75, 3.05) is 13.2 Å². The van der Waals surface area contributed by atoms with Gasteiger partial charge in [-0.3, -0.25) is 0 Å². The van der Waals surface area contributed by atoms with E-state index in [0.29, 0.717) is 6.61 Å². The molecule has 5 nitrogen and oxygen atoms in total. The lowest BCUT2D eigenvalue weighted by Crippen LogP contribution is -2.59. The Morgan fingerprint density at radius 2 is 1.29 bits per heavy atom. The topological polar surface area (TPSA) is 57.2 Å². The molecule has 2 saturated heterocycles. The molecule has 0 saturated carbocycles. The number of aliphatic hydroxyl groups is 1. The highest BCUT2D eigenvalue weighted by Crippen LogP contribution is 2.43. The van der Waals surface area contributed by atoms with Crippen molar-refractivity contribution in [1.29, 1.82) is 0 Å². The molecule has 1 N–H and O–H groups in total. The Morgan fingerprint density at radius 3 is 1.81 bits per heavy atom. The minimum Gasteiger partial charge on any atom is -0.396 e. The molecule has 0 aliphatic carbocycles. The summed E-state index contributed by atoms with van der Waals surface area (Å²) in [5.41, 5.74) is 1.42. The van der Waals surface area contributed by atoms with Crippen LogP contribution in [-0.4, -0.2) is 36.6 Å². The third-order valence-electron chi connectivity index (χ3n) is 5.25. The fourth-order valence-corrected chi connectivity index (χ4v) is 3.60. The van der Waals surface area contributed by atoms with Crippen molar-refractivity contribution >= 4 is 0 Å². The molecule has 2 aliphatic rings. The second-order valence-electron chi connectivity index (χ2n) is 7.80. The van der Waals surface area contributed by atoms with Gasteiger partial charge in [0, 0.05) is 16.5 Å². The first kappa shape index (κ1) is 25.5. The van der Waals surface area contributed by atoms with Crippen LogP contribution in [0, 0.1) is 5.41 Å². The molecule has 5 heteroatoms. The molecule has 5 atom stereocenters. The van der Waals surface area contributed by atoms with Crippen LogP contribution in [0.4, 0.5) is 0 Å². The van der Waals surface area contributed by atoms with Crippen molar-refractivity contribution in [3.05, 3.63) is 71.8 Å². The molecular formula is C26H38O5. The van der Waals surface area contributed by atoms with Gasteiger partial charge in [0.05, 0.1) is 19.3 Å². The molecule has 2 fully saturated rings. The Bertz CT molecular complexity index is 734. The van der Waals surface area contributed by atoms with Crippen LogP contribution in [0.2, 0.25) is 0 Å². The number of hydrogen-bond donors (Lipinski definition) is 1. The van der Waals surface area contributed by atoms with Gasteiger partial charge in [-0.2, -0.15) is 0 Å². The van der Waals surface area contributed by atoms with E-state index < -0.39 is 18.0 Å². The summed E-state index contributed by atoms with van der Waals surface area (Å²) in [5, 5.41) is 9.97. The maximum atomic E-state index is 9.97. The fraction of sp³-hybridized carbons (Fsp3) is 0.538. The molecule has 0 spiro atoms. The van der Waals surface area contributed by atoms with Gasteiger partial charge in [-0.25, -0.2) is 0 Å². The maximum Gasteiger partial charge on any atom is 0.184 e. The lowest BCUT2D eigenvalue weighted by atomic mass is 9.81. The Kier molecular flexibility index (Phi) is 10.1. The van der Waals surface area contributed by atoms with E-state index in [2.05, 4.69) is 0 Å². The summed E-state index contributed by atoms with van der Waals surface area (Å²) in [5.74, 6) is 0. The number of fused-ring (bicyclic) bond motifs is 1. The SMILES string of the molecule is CC.CC.CC(C)(CO)[C@H]1OC(c2ccccc2)O[C@H]2COC(c3ccccc3)O[C@H]21. The molecule has 0 aromatic heterocycles. The first-order chi connectivity index (χ1) is 15.1. The monoisotopic (exact) mass is 430 g/mol. The van der Waals surface area contributed by atoms with Crippen LogP contribution < -0.4 is 0 Å². The van der Waals surface area contributed by atoms with Gasteiger partial charge in [0.2, 0.25) is 0 Å². The lowest BCUT2D eigenvalue weighted by Gasteiger charge is -2.50. The fourth-order valence-electron chi connectivity index (χ4n) is 3.60. The van der Waals surface area contributed by atoms with E-state index >= 15 is 0 Å². The summed E-state index contributed by atoms with van der Waals surface area (Å²) in [6, 6.07) is 19.7. The maximum absolute atomic E-state index is 9.97. The number of benzene rings is 2. The highest BCUT2D eigenvalue weighted by molar-refractivity contribution is 5.18. The molecule has 2 unspecified atom stereocenters. The molecule has 172 valence electrons. The van der Waals surface area contributed by atoms with Gasteiger partial charge in [-0.1, -0.05) is 102 Å². The van der Waals surface area contributed by atoms with Crippen molar-refractivity contribution in [3.63, 3.8) is 0 Å². The average Bonchev–Trinajstić information content (AvgIpc) is 2.86. The van der Waals surface area contributed by atoms with Gasteiger partial charge in [-0.05, 0) is 0 Å². The van der Waals surface area contributed by atoms with E-state index in [-0.39, 0.29) is 24.9 Å². The van der Waals surface area contributed by atoms with Crippen molar-refractivity contribution in [1.82, 2.24) is 0 Å². The van der Waals surface area contributed by atoms with E-state index in [1.807, 2.05) is 102 Å². The van der Waals surface area contributed by atoms with Crippen molar-refractivity contribution in [2.24, 2.45) is 5.41 Å². The molecular weight excluding hydrogens is 392 g/mol. The predicted octanol–water partition coefficient (Wildman–Crippen LogP) is 5.65. The van der Waals surface area contributed by atoms with Crippen molar-refractivity contribution in [3.8, 4) is 0 Å². The van der Waals surface area contributed by atoms with Crippen molar-refractivity contribution < 1.29 is 24.1 Å². The Balaban J connectivity index is 0.000000807. The second kappa shape index (κ2) is 12.3. The summed E-state index contributed by atoms with van der Waals surface area (Å²) in [4.78, 5) is 0. The van der Waals surface area contributed by atoms with Crippen LogP contribution >= 0.6 is 0 Å².